The van der Waals surface area contributed by atoms with Crippen molar-refractivity contribution in [2.45, 2.75) is 13.3 Å². The van der Waals surface area contributed by atoms with Crippen molar-refractivity contribution in [1.82, 2.24) is 0 Å². The average Bonchev–Trinajstić information content (AvgIpc) is 2.57. The fourth-order valence-electron chi connectivity index (χ4n) is 1.96. The average molecular weight is 382 g/mol. The summed E-state index contributed by atoms with van der Waals surface area (Å²) < 4.78 is 10.4. The van der Waals surface area contributed by atoms with Gasteiger partial charge >= 0.3 is 5.97 Å². The zero-order valence-corrected chi connectivity index (χ0v) is 15.1. The highest BCUT2D eigenvalue weighted by atomic mass is 35.5. The number of hydrogen-bond acceptors (Lipinski definition) is 4. The third-order valence-electron chi connectivity index (χ3n) is 3.23. The molecule has 2 aromatic rings. The molecule has 2 rings (SSSR count). The second-order valence-electron chi connectivity index (χ2n) is 5.20. The summed E-state index contributed by atoms with van der Waals surface area (Å²) in [4.78, 5) is 23.4. The summed E-state index contributed by atoms with van der Waals surface area (Å²) in [5.74, 6) is -0.297. The summed E-state index contributed by atoms with van der Waals surface area (Å²) in [6.45, 7) is 1.69. The number of benzene rings is 2. The van der Waals surface area contributed by atoms with Gasteiger partial charge in [0.1, 0.15) is 5.75 Å². The summed E-state index contributed by atoms with van der Waals surface area (Å²) >= 11 is 11.7. The molecule has 0 heterocycles. The van der Waals surface area contributed by atoms with Crippen LogP contribution >= 0.6 is 23.2 Å². The van der Waals surface area contributed by atoms with E-state index in [4.69, 9.17) is 32.7 Å². The van der Waals surface area contributed by atoms with Crippen molar-refractivity contribution in [3.05, 3.63) is 58.1 Å². The molecule has 0 saturated carbocycles. The molecular weight excluding hydrogens is 365 g/mol. The quantitative estimate of drug-likeness (QED) is 0.727. The van der Waals surface area contributed by atoms with Gasteiger partial charge in [0.25, 0.3) is 5.91 Å². The smallest absolute Gasteiger partial charge is 0.309 e. The van der Waals surface area contributed by atoms with Gasteiger partial charge in [0, 0.05) is 5.02 Å². The van der Waals surface area contributed by atoms with Crippen LogP contribution in [0.5, 0.6) is 5.75 Å². The Hall–Kier alpha value is -2.24. The first-order valence-corrected chi connectivity index (χ1v) is 8.30. The topological polar surface area (TPSA) is 64.6 Å². The molecule has 1 N–H and O–H groups in total. The maximum absolute atomic E-state index is 11.8. The van der Waals surface area contributed by atoms with Crippen LogP contribution in [0.3, 0.4) is 0 Å². The Morgan fingerprint density at radius 3 is 2.60 bits per heavy atom. The number of nitrogens with one attached hydrogen (secondary N) is 1. The molecule has 0 bridgehead atoms. The van der Waals surface area contributed by atoms with Gasteiger partial charge in [0.2, 0.25) is 0 Å². The van der Waals surface area contributed by atoms with E-state index in [0.29, 0.717) is 21.5 Å². The standard InChI is InChI=1S/C18H17Cl2NO4/c1-12-4-2-3-5-16(12)24-9-8-18(23)25-11-17(22)21-15-7-6-13(19)10-14(15)20/h2-7,10H,8-9,11H2,1H3,(H,21,22). The van der Waals surface area contributed by atoms with Crippen molar-refractivity contribution < 1.29 is 19.1 Å². The zero-order chi connectivity index (χ0) is 18.2. The molecule has 0 fully saturated rings. The molecule has 5 nitrogen and oxygen atoms in total. The Balaban J connectivity index is 1.70. The minimum atomic E-state index is -0.522. The molecule has 0 radical (unpaired) electrons. The maximum Gasteiger partial charge on any atom is 0.309 e. The van der Waals surface area contributed by atoms with Crippen LogP contribution in [0, 0.1) is 6.92 Å². The Morgan fingerprint density at radius 1 is 1.12 bits per heavy atom. The zero-order valence-electron chi connectivity index (χ0n) is 13.6. The van der Waals surface area contributed by atoms with Crippen molar-refractivity contribution in [3.63, 3.8) is 0 Å². The van der Waals surface area contributed by atoms with Crippen molar-refractivity contribution in [2.24, 2.45) is 0 Å². The number of para-hydroxylation sites is 1. The van der Waals surface area contributed by atoms with Crippen LogP contribution in [0.25, 0.3) is 0 Å². The van der Waals surface area contributed by atoms with E-state index in [-0.39, 0.29) is 13.0 Å². The number of aryl methyl sites for hydroxylation is 1. The van der Waals surface area contributed by atoms with E-state index in [9.17, 15) is 9.59 Å². The summed E-state index contributed by atoms with van der Waals surface area (Å²) in [6, 6.07) is 12.2. The predicted octanol–water partition coefficient (Wildman–Crippen LogP) is 4.25. The molecule has 0 aliphatic carbocycles. The molecule has 0 aliphatic rings. The van der Waals surface area contributed by atoms with Gasteiger partial charge in [-0.2, -0.15) is 0 Å². The van der Waals surface area contributed by atoms with Crippen molar-refractivity contribution >= 4 is 40.8 Å². The lowest BCUT2D eigenvalue weighted by molar-refractivity contribution is -0.147. The van der Waals surface area contributed by atoms with Gasteiger partial charge in [0.15, 0.2) is 6.61 Å². The number of rotatable bonds is 7. The molecule has 0 saturated heterocycles. The SMILES string of the molecule is Cc1ccccc1OCCC(=O)OCC(=O)Nc1ccc(Cl)cc1Cl. The number of carbonyl (C=O) groups excluding carboxylic acids is 2. The molecule has 1 amide bonds. The molecule has 132 valence electrons. The van der Waals surface area contributed by atoms with E-state index in [1.807, 2.05) is 31.2 Å². The highest BCUT2D eigenvalue weighted by molar-refractivity contribution is 6.36. The Kier molecular flexibility index (Phi) is 7.10. The summed E-state index contributed by atoms with van der Waals surface area (Å²) in [6.07, 6.45) is 0.0450. The minimum Gasteiger partial charge on any atom is -0.493 e. The first kappa shape index (κ1) is 19.1. The molecular formula is C18H17Cl2NO4. The lowest BCUT2D eigenvalue weighted by Gasteiger charge is -2.10. The van der Waals surface area contributed by atoms with E-state index >= 15 is 0 Å². The van der Waals surface area contributed by atoms with E-state index in [0.717, 1.165) is 5.56 Å². The van der Waals surface area contributed by atoms with Gasteiger partial charge in [-0.15, -0.1) is 0 Å². The van der Waals surface area contributed by atoms with Crippen LogP contribution in [0.4, 0.5) is 5.69 Å². The summed E-state index contributed by atoms with van der Waals surface area (Å²) in [7, 11) is 0. The van der Waals surface area contributed by atoms with Gasteiger partial charge in [0.05, 0.1) is 23.7 Å². The minimum absolute atomic E-state index is 0.0450. The number of halogens is 2. The molecule has 0 aromatic heterocycles. The van der Waals surface area contributed by atoms with Gasteiger partial charge in [-0.05, 0) is 36.8 Å². The van der Waals surface area contributed by atoms with Crippen molar-refractivity contribution in [1.29, 1.82) is 0 Å². The number of amides is 1. The van der Waals surface area contributed by atoms with Gasteiger partial charge in [-0.1, -0.05) is 41.4 Å². The first-order valence-electron chi connectivity index (χ1n) is 7.54. The van der Waals surface area contributed by atoms with E-state index in [1.165, 1.54) is 6.07 Å². The molecule has 7 heteroatoms. The molecule has 25 heavy (non-hydrogen) atoms. The molecule has 0 unspecified atom stereocenters. The van der Waals surface area contributed by atoms with E-state index in [2.05, 4.69) is 5.32 Å². The second kappa shape index (κ2) is 9.30. The van der Waals surface area contributed by atoms with Gasteiger partial charge < -0.3 is 14.8 Å². The van der Waals surface area contributed by atoms with Crippen LogP contribution in [-0.4, -0.2) is 25.1 Å². The predicted molar refractivity (Wildman–Crippen MR) is 97.3 cm³/mol. The fraction of sp³-hybridized carbons (Fsp3) is 0.222. The molecule has 0 atom stereocenters. The number of ether oxygens (including phenoxy) is 2. The second-order valence-corrected chi connectivity index (χ2v) is 6.04. The number of esters is 1. The number of hydrogen-bond donors (Lipinski definition) is 1. The van der Waals surface area contributed by atoms with Crippen LogP contribution in [-0.2, 0) is 14.3 Å². The van der Waals surface area contributed by atoms with Gasteiger partial charge in [-0.3, -0.25) is 9.59 Å². The lowest BCUT2D eigenvalue weighted by atomic mass is 10.2. The van der Waals surface area contributed by atoms with E-state index < -0.39 is 18.5 Å². The summed E-state index contributed by atoms with van der Waals surface area (Å²) in [5, 5.41) is 3.31. The van der Waals surface area contributed by atoms with Crippen LogP contribution in [0.1, 0.15) is 12.0 Å². The highest BCUT2D eigenvalue weighted by Crippen LogP contribution is 2.25. The third-order valence-corrected chi connectivity index (χ3v) is 3.77. The maximum atomic E-state index is 11.8. The highest BCUT2D eigenvalue weighted by Gasteiger charge is 2.10. The van der Waals surface area contributed by atoms with Crippen molar-refractivity contribution in [2.75, 3.05) is 18.5 Å². The first-order chi connectivity index (χ1) is 12.0. The van der Waals surface area contributed by atoms with E-state index in [1.54, 1.807) is 12.1 Å². The lowest BCUT2D eigenvalue weighted by Crippen LogP contribution is -2.21. The normalized spacial score (nSPS) is 10.2. The fourth-order valence-corrected chi connectivity index (χ4v) is 2.41. The molecule has 2 aromatic carbocycles. The largest absolute Gasteiger partial charge is 0.493 e. The van der Waals surface area contributed by atoms with Crippen molar-refractivity contribution in [3.8, 4) is 5.75 Å². The summed E-state index contributed by atoms with van der Waals surface area (Å²) in [5.41, 5.74) is 1.38. The Bertz CT molecular complexity index is 764. The number of carbonyl (C=O) groups is 2. The monoisotopic (exact) mass is 381 g/mol. The van der Waals surface area contributed by atoms with Gasteiger partial charge in [-0.25, -0.2) is 0 Å². The Morgan fingerprint density at radius 2 is 1.88 bits per heavy atom. The molecule has 0 spiro atoms. The number of anilines is 1. The third kappa shape index (κ3) is 6.29. The van der Waals surface area contributed by atoms with Crippen LogP contribution in [0.2, 0.25) is 10.0 Å². The molecule has 0 aliphatic heterocycles. The van der Waals surface area contributed by atoms with Crippen LogP contribution in [0.15, 0.2) is 42.5 Å². The van der Waals surface area contributed by atoms with Crippen LogP contribution < -0.4 is 10.1 Å². The Labute approximate surface area is 155 Å².